The Labute approximate surface area is 122 Å². The monoisotopic (exact) mass is 296 g/mol. The van der Waals surface area contributed by atoms with Crippen LogP contribution in [0.2, 0.25) is 5.02 Å². The minimum Gasteiger partial charge on any atom is -0.480 e. The number of benzene rings is 1. The van der Waals surface area contributed by atoms with Gasteiger partial charge in [0.2, 0.25) is 0 Å². The number of likely N-dealkylation sites (tertiary alicyclic amines) is 1. The van der Waals surface area contributed by atoms with E-state index in [1.165, 1.54) is 4.90 Å². The number of nitrogens with one attached hydrogen (secondary N) is 1. The van der Waals surface area contributed by atoms with E-state index in [-0.39, 0.29) is 6.03 Å². The van der Waals surface area contributed by atoms with Gasteiger partial charge in [0.1, 0.15) is 6.04 Å². The van der Waals surface area contributed by atoms with Crippen molar-refractivity contribution >= 4 is 29.3 Å². The van der Waals surface area contributed by atoms with Gasteiger partial charge in [-0.05, 0) is 37.1 Å². The normalized spacial score (nSPS) is 19.2. The smallest absolute Gasteiger partial charge is 0.326 e. The minimum absolute atomic E-state index is 0.373. The van der Waals surface area contributed by atoms with Gasteiger partial charge in [-0.1, -0.05) is 24.4 Å². The maximum Gasteiger partial charge on any atom is 0.326 e. The van der Waals surface area contributed by atoms with E-state index >= 15 is 0 Å². The lowest BCUT2D eigenvalue weighted by Gasteiger charge is -2.27. The molecule has 2 rings (SSSR count). The predicted molar refractivity (Wildman–Crippen MR) is 77.1 cm³/mol. The van der Waals surface area contributed by atoms with Crippen LogP contribution in [0.5, 0.6) is 0 Å². The number of nitrogens with zero attached hydrogens (tertiary/aromatic N) is 1. The molecule has 1 saturated heterocycles. The molecule has 108 valence electrons. The summed E-state index contributed by atoms with van der Waals surface area (Å²) in [5, 5.41) is 12.5. The van der Waals surface area contributed by atoms with Crippen LogP contribution in [0, 0.1) is 0 Å². The Bertz CT molecular complexity index is 490. The van der Waals surface area contributed by atoms with E-state index in [2.05, 4.69) is 5.32 Å². The first-order valence-electron chi connectivity index (χ1n) is 6.64. The van der Waals surface area contributed by atoms with Crippen LogP contribution >= 0.6 is 11.6 Å². The molecular weight excluding hydrogens is 280 g/mol. The quantitative estimate of drug-likeness (QED) is 0.880. The maximum atomic E-state index is 12.2. The molecule has 1 atom stereocenters. The minimum atomic E-state index is -0.946. The Morgan fingerprint density at radius 3 is 2.55 bits per heavy atom. The molecule has 20 heavy (non-hydrogen) atoms. The molecule has 0 aliphatic carbocycles. The first-order valence-corrected chi connectivity index (χ1v) is 7.02. The highest BCUT2D eigenvalue weighted by molar-refractivity contribution is 6.30. The summed E-state index contributed by atoms with van der Waals surface area (Å²) in [6, 6.07) is 5.61. The number of amides is 2. The van der Waals surface area contributed by atoms with Crippen molar-refractivity contribution in [3.05, 3.63) is 29.3 Å². The van der Waals surface area contributed by atoms with E-state index in [1.54, 1.807) is 24.3 Å². The summed E-state index contributed by atoms with van der Waals surface area (Å²) in [6.07, 6.45) is 3.12. The molecule has 1 fully saturated rings. The SMILES string of the molecule is O=C(O)C1CCCCCN1C(=O)Nc1ccc(Cl)cc1. The lowest BCUT2D eigenvalue weighted by molar-refractivity contribution is -0.142. The Morgan fingerprint density at radius 1 is 1.20 bits per heavy atom. The van der Waals surface area contributed by atoms with Gasteiger partial charge >= 0.3 is 12.0 Å². The fourth-order valence-electron chi connectivity index (χ4n) is 2.34. The van der Waals surface area contributed by atoms with Gasteiger partial charge in [-0.3, -0.25) is 0 Å². The zero-order chi connectivity index (χ0) is 14.5. The van der Waals surface area contributed by atoms with E-state index < -0.39 is 12.0 Å². The highest BCUT2D eigenvalue weighted by atomic mass is 35.5. The zero-order valence-corrected chi connectivity index (χ0v) is 11.8. The highest BCUT2D eigenvalue weighted by Crippen LogP contribution is 2.19. The molecule has 6 heteroatoms. The van der Waals surface area contributed by atoms with Gasteiger partial charge in [0.25, 0.3) is 0 Å². The molecule has 1 aliphatic rings. The van der Waals surface area contributed by atoms with E-state index in [0.29, 0.717) is 23.7 Å². The van der Waals surface area contributed by atoms with Crippen LogP contribution in [0.3, 0.4) is 0 Å². The second kappa shape index (κ2) is 6.61. The molecule has 0 radical (unpaired) electrons. The van der Waals surface area contributed by atoms with Crippen LogP contribution in [0.15, 0.2) is 24.3 Å². The van der Waals surface area contributed by atoms with Crippen molar-refractivity contribution in [2.75, 3.05) is 11.9 Å². The summed E-state index contributed by atoms with van der Waals surface area (Å²) in [4.78, 5) is 24.9. The van der Waals surface area contributed by atoms with Crippen molar-refractivity contribution < 1.29 is 14.7 Å². The highest BCUT2D eigenvalue weighted by Gasteiger charge is 2.30. The lowest BCUT2D eigenvalue weighted by atomic mass is 10.1. The summed E-state index contributed by atoms with van der Waals surface area (Å²) >= 11 is 5.78. The van der Waals surface area contributed by atoms with Crippen LogP contribution in [-0.4, -0.2) is 34.6 Å². The third-order valence-corrected chi connectivity index (χ3v) is 3.65. The largest absolute Gasteiger partial charge is 0.480 e. The number of carbonyl (C=O) groups excluding carboxylic acids is 1. The lowest BCUT2D eigenvalue weighted by Crippen LogP contribution is -2.46. The Kier molecular flexibility index (Phi) is 4.84. The summed E-state index contributed by atoms with van der Waals surface area (Å²) in [5.74, 6) is -0.946. The predicted octanol–water partition coefficient (Wildman–Crippen LogP) is 3.20. The summed E-state index contributed by atoms with van der Waals surface area (Å²) in [6.45, 7) is 0.469. The van der Waals surface area contributed by atoms with Gasteiger partial charge in [-0.2, -0.15) is 0 Å². The molecule has 0 saturated carbocycles. The van der Waals surface area contributed by atoms with Gasteiger partial charge in [0, 0.05) is 17.3 Å². The molecule has 0 aromatic heterocycles. The topological polar surface area (TPSA) is 69.6 Å². The van der Waals surface area contributed by atoms with Gasteiger partial charge in [-0.15, -0.1) is 0 Å². The fraction of sp³-hybridized carbons (Fsp3) is 0.429. The maximum absolute atomic E-state index is 12.2. The molecule has 2 N–H and O–H groups in total. The molecule has 1 aromatic rings. The number of urea groups is 1. The number of hydrogen-bond acceptors (Lipinski definition) is 2. The number of carbonyl (C=O) groups is 2. The van der Waals surface area contributed by atoms with Gasteiger partial charge < -0.3 is 15.3 Å². The van der Waals surface area contributed by atoms with Crippen molar-refractivity contribution in [2.45, 2.75) is 31.7 Å². The summed E-state index contributed by atoms with van der Waals surface area (Å²) in [7, 11) is 0. The Balaban J connectivity index is 2.08. The molecular formula is C14H17ClN2O3. The van der Waals surface area contributed by atoms with Gasteiger partial charge in [0.05, 0.1) is 0 Å². The Morgan fingerprint density at radius 2 is 1.90 bits per heavy atom. The number of carboxylic acids is 1. The van der Waals surface area contributed by atoms with Gasteiger partial charge in [-0.25, -0.2) is 9.59 Å². The fourth-order valence-corrected chi connectivity index (χ4v) is 2.46. The van der Waals surface area contributed by atoms with Crippen LogP contribution in [0.1, 0.15) is 25.7 Å². The number of anilines is 1. The molecule has 1 aromatic carbocycles. The third kappa shape index (κ3) is 3.63. The second-order valence-electron chi connectivity index (χ2n) is 4.83. The summed E-state index contributed by atoms with van der Waals surface area (Å²) in [5.41, 5.74) is 0.604. The van der Waals surface area contributed by atoms with Crippen molar-refractivity contribution in [1.82, 2.24) is 4.90 Å². The van der Waals surface area contributed by atoms with E-state index in [0.717, 1.165) is 19.3 Å². The molecule has 0 bridgehead atoms. The molecule has 1 heterocycles. The third-order valence-electron chi connectivity index (χ3n) is 3.39. The van der Waals surface area contributed by atoms with Gasteiger partial charge in [0.15, 0.2) is 0 Å². The zero-order valence-electron chi connectivity index (χ0n) is 11.0. The average Bonchev–Trinajstić information content (AvgIpc) is 2.67. The van der Waals surface area contributed by atoms with E-state index in [1.807, 2.05) is 0 Å². The Hall–Kier alpha value is -1.75. The molecule has 5 nitrogen and oxygen atoms in total. The second-order valence-corrected chi connectivity index (χ2v) is 5.27. The molecule has 1 unspecified atom stereocenters. The van der Waals surface area contributed by atoms with E-state index in [9.17, 15) is 14.7 Å². The van der Waals surface area contributed by atoms with Crippen molar-refractivity contribution in [1.29, 1.82) is 0 Å². The van der Waals surface area contributed by atoms with E-state index in [4.69, 9.17) is 11.6 Å². The number of halogens is 1. The molecule has 2 amide bonds. The molecule has 0 spiro atoms. The first-order chi connectivity index (χ1) is 9.58. The van der Waals surface area contributed by atoms with Crippen molar-refractivity contribution in [3.63, 3.8) is 0 Å². The van der Waals surface area contributed by atoms with Crippen molar-refractivity contribution in [3.8, 4) is 0 Å². The average molecular weight is 297 g/mol. The standard InChI is InChI=1S/C14H17ClN2O3/c15-10-5-7-11(8-6-10)16-14(20)17-9-3-1-2-4-12(17)13(18)19/h5-8,12H,1-4,9H2,(H,16,20)(H,18,19). The van der Waals surface area contributed by atoms with Crippen LogP contribution in [-0.2, 0) is 4.79 Å². The molecule has 1 aliphatic heterocycles. The summed E-state index contributed by atoms with van der Waals surface area (Å²) < 4.78 is 0. The van der Waals surface area contributed by atoms with Crippen LogP contribution < -0.4 is 5.32 Å². The van der Waals surface area contributed by atoms with Crippen LogP contribution in [0.25, 0.3) is 0 Å². The number of aliphatic carboxylic acids is 1. The number of hydrogen-bond donors (Lipinski definition) is 2. The van der Waals surface area contributed by atoms with Crippen molar-refractivity contribution in [2.24, 2.45) is 0 Å². The number of carboxylic acid groups (broad SMARTS) is 1. The van der Waals surface area contributed by atoms with Crippen LogP contribution in [0.4, 0.5) is 10.5 Å². The first kappa shape index (κ1) is 14.7. The number of rotatable bonds is 2.